The maximum absolute atomic E-state index is 13.4. The van der Waals surface area contributed by atoms with E-state index in [0.717, 1.165) is 9.87 Å². The Balaban J connectivity index is 1.81. The molecule has 0 aliphatic heterocycles. The standard InChI is InChI=1S/C26H31ClN4O6S2/c1-17-24(21(32)16-39(35,36)30(2)3)29-23(38-17)15-31(12-6-8-18-7-5-9-20(27)13-18)26(34)25(33)19-10-11-22(37-4)28-14-19/h5,7,9-11,13-14,25,33H,6,8,12,15-16H2,1-4H3/t25-/m1/s1. The minimum atomic E-state index is -3.75. The van der Waals surface area contributed by atoms with Gasteiger partial charge in [0.2, 0.25) is 15.9 Å². The number of aliphatic hydroxyl groups excluding tert-OH is 1. The number of benzene rings is 1. The highest BCUT2D eigenvalue weighted by Gasteiger charge is 2.27. The third-order valence-electron chi connectivity index (χ3n) is 5.91. The summed E-state index contributed by atoms with van der Waals surface area (Å²) in [7, 11) is 0.436. The van der Waals surface area contributed by atoms with Crippen LogP contribution in [-0.2, 0) is 27.8 Å². The lowest BCUT2D eigenvalue weighted by molar-refractivity contribution is -0.141. The van der Waals surface area contributed by atoms with E-state index < -0.39 is 33.6 Å². The van der Waals surface area contributed by atoms with E-state index >= 15 is 0 Å². The van der Waals surface area contributed by atoms with Gasteiger partial charge in [-0.15, -0.1) is 11.3 Å². The molecule has 1 atom stereocenters. The minimum Gasteiger partial charge on any atom is -0.481 e. The Morgan fingerprint density at radius 2 is 1.95 bits per heavy atom. The summed E-state index contributed by atoms with van der Waals surface area (Å²) in [6.45, 7) is 2.01. The van der Waals surface area contributed by atoms with Crippen molar-refractivity contribution in [3.63, 3.8) is 0 Å². The summed E-state index contributed by atoms with van der Waals surface area (Å²) >= 11 is 7.29. The van der Waals surface area contributed by atoms with Gasteiger partial charge in [0, 0.05) is 48.4 Å². The number of rotatable bonds is 13. The van der Waals surface area contributed by atoms with Crippen molar-refractivity contribution in [3.05, 3.63) is 74.3 Å². The van der Waals surface area contributed by atoms with Crippen molar-refractivity contribution in [3.8, 4) is 5.88 Å². The van der Waals surface area contributed by atoms with Gasteiger partial charge in [-0.05, 0) is 43.5 Å². The normalized spacial score (nSPS) is 12.4. The molecule has 13 heteroatoms. The summed E-state index contributed by atoms with van der Waals surface area (Å²) < 4.78 is 30.4. The summed E-state index contributed by atoms with van der Waals surface area (Å²) in [5.74, 6) is -1.52. The molecule has 210 valence electrons. The number of ether oxygens (including phenoxy) is 1. The molecule has 1 aromatic carbocycles. The Labute approximate surface area is 237 Å². The fraction of sp³-hybridized carbons (Fsp3) is 0.385. The summed E-state index contributed by atoms with van der Waals surface area (Å²) in [6.07, 6.45) is 1.13. The lowest BCUT2D eigenvalue weighted by atomic mass is 10.1. The number of aromatic nitrogens is 2. The molecule has 1 amide bonds. The van der Waals surface area contributed by atoms with Crippen molar-refractivity contribution in [1.82, 2.24) is 19.2 Å². The highest BCUT2D eigenvalue weighted by atomic mass is 35.5. The van der Waals surface area contributed by atoms with Gasteiger partial charge in [0.05, 0.1) is 13.7 Å². The third-order valence-corrected chi connectivity index (χ3v) is 8.84. The van der Waals surface area contributed by atoms with Gasteiger partial charge >= 0.3 is 0 Å². The molecule has 0 saturated heterocycles. The Kier molecular flexibility index (Phi) is 10.6. The molecule has 0 saturated carbocycles. The van der Waals surface area contributed by atoms with Crippen LogP contribution in [0.3, 0.4) is 0 Å². The van der Waals surface area contributed by atoms with E-state index in [2.05, 4.69) is 9.97 Å². The number of carbonyl (C=O) groups is 2. The van der Waals surface area contributed by atoms with Gasteiger partial charge < -0.3 is 14.7 Å². The monoisotopic (exact) mass is 594 g/mol. The number of halogens is 1. The van der Waals surface area contributed by atoms with Crippen LogP contribution < -0.4 is 4.74 Å². The molecule has 3 aromatic rings. The van der Waals surface area contributed by atoms with Gasteiger partial charge in [-0.2, -0.15) is 0 Å². The Morgan fingerprint density at radius 1 is 1.21 bits per heavy atom. The van der Waals surface area contributed by atoms with Crippen LogP contribution in [0.4, 0.5) is 0 Å². The van der Waals surface area contributed by atoms with Gasteiger partial charge in [-0.3, -0.25) is 9.59 Å². The second-order valence-electron chi connectivity index (χ2n) is 9.00. The topological polar surface area (TPSA) is 130 Å². The molecule has 1 N–H and O–H groups in total. The van der Waals surface area contributed by atoms with E-state index in [1.54, 1.807) is 25.1 Å². The van der Waals surface area contributed by atoms with Gasteiger partial charge in [0.15, 0.2) is 11.9 Å². The number of thiazole rings is 1. The van der Waals surface area contributed by atoms with Gasteiger partial charge in [-0.1, -0.05) is 23.7 Å². The summed E-state index contributed by atoms with van der Waals surface area (Å²) in [5.41, 5.74) is 1.38. The van der Waals surface area contributed by atoms with Crippen LogP contribution in [0.5, 0.6) is 5.88 Å². The van der Waals surface area contributed by atoms with Crippen LogP contribution in [0.2, 0.25) is 5.02 Å². The Hall–Kier alpha value is -2.90. The lowest BCUT2D eigenvalue weighted by Gasteiger charge is -2.24. The Morgan fingerprint density at radius 3 is 2.56 bits per heavy atom. The van der Waals surface area contributed by atoms with Crippen LogP contribution >= 0.6 is 22.9 Å². The smallest absolute Gasteiger partial charge is 0.256 e. The predicted octanol–water partition coefficient (Wildman–Crippen LogP) is 3.28. The first-order valence-corrected chi connectivity index (χ1v) is 14.8. The number of sulfonamides is 1. The lowest BCUT2D eigenvalue weighted by Crippen LogP contribution is -2.36. The number of ketones is 1. The van der Waals surface area contributed by atoms with Crippen LogP contribution in [-0.4, -0.2) is 77.9 Å². The number of methoxy groups -OCH3 is 1. The van der Waals surface area contributed by atoms with E-state index in [1.807, 2.05) is 18.2 Å². The van der Waals surface area contributed by atoms with Crippen LogP contribution in [0.15, 0.2) is 42.6 Å². The highest BCUT2D eigenvalue weighted by Crippen LogP contribution is 2.24. The average Bonchev–Trinajstić information content (AvgIpc) is 3.27. The second-order valence-corrected chi connectivity index (χ2v) is 12.9. The number of hydrogen-bond donors (Lipinski definition) is 1. The molecular weight excluding hydrogens is 564 g/mol. The van der Waals surface area contributed by atoms with Crippen molar-refractivity contribution in [2.75, 3.05) is 33.5 Å². The molecule has 0 bridgehead atoms. The molecule has 0 aliphatic carbocycles. The molecule has 2 aromatic heterocycles. The fourth-order valence-electron chi connectivity index (χ4n) is 3.73. The summed E-state index contributed by atoms with van der Waals surface area (Å²) in [4.78, 5) is 36.6. The maximum atomic E-state index is 13.4. The van der Waals surface area contributed by atoms with Crippen molar-refractivity contribution in [2.45, 2.75) is 32.4 Å². The zero-order valence-electron chi connectivity index (χ0n) is 22.1. The summed E-state index contributed by atoms with van der Waals surface area (Å²) in [6, 6.07) is 10.6. The van der Waals surface area contributed by atoms with Gasteiger partial charge in [0.25, 0.3) is 5.91 Å². The molecule has 0 aliphatic rings. The predicted molar refractivity (Wildman–Crippen MR) is 150 cm³/mol. The first kappa shape index (κ1) is 30.6. The molecule has 0 unspecified atom stereocenters. The fourth-order valence-corrected chi connectivity index (χ4v) is 5.63. The number of hydrogen-bond acceptors (Lipinski definition) is 9. The largest absolute Gasteiger partial charge is 0.481 e. The number of nitrogens with zero attached hydrogens (tertiary/aromatic N) is 4. The number of aryl methyl sites for hydroxylation is 2. The molecule has 0 spiro atoms. The second kappa shape index (κ2) is 13.4. The van der Waals surface area contributed by atoms with Crippen molar-refractivity contribution >= 4 is 44.7 Å². The average molecular weight is 595 g/mol. The zero-order chi connectivity index (χ0) is 28.7. The van der Waals surface area contributed by atoms with Crippen molar-refractivity contribution in [1.29, 1.82) is 0 Å². The number of amides is 1. The van der Waals surface area contributed by atoms with Crippen LogP contribution in [0, 0.1) is 6.92 Å². The zero-order valence-corrected chi connectivity index (χ0v) is 24.5. The number of carbonyl (C=O) groups excluding carboxylic acids is 2. The third kappa shape index (κ3) is 8.29. The van der Waals surface area contributed by atoms with Gasteiger partial charge in [-0.25, -0.2) is 22.7 Å². The highest BCUT2D eigenvalue weighted by molar-refractivity contribution is 7.89. The van der Waals surface area contributed by atoms with E-state index in [1.165, 1.54) is 43.6 Å². The minimum absolute atomic E-state index is 0.0360. The quantitative estimate of drug-likeness (QED) is 0.298. The maximum Gasteiger partial charge on any atom is 0.256 e. The molecular formula is C26H31ClN4O6S2. The van der Waals surface area contributed by atoms with Crippen LogP contribution in [0.25, 0.3) is 0 Å². The molecule has 3 rings (SSSR count). The first-order chi connectivity index (χ1) is 18.4. The van der Waals surface area contributed by atoms with Crippen LogP contribution in [0.1, 0.15) is 44.0 Å². The van der Waals surface area contributed by atoms with Crippen molar-refractivity contribution < 1.29 is 27.9 Å². The van der Waals surface area contributed by atoms with Gasteiger partial charge in [0.1, 0.15) is 16.5 Å². The molecule has 2 heterocycles. The number of pyridine rings is 1. The first-order valence-electron chi connectivity index (χ1n) is 12.0. The van der Waals surface area contributed by atoms with E-state index in [-0.39, 0.29) is 12.2 Å². The Bertz CT molecular complexity index is 1410. The number of Topliss-reactive ketones (excluding diaryl/α,β-unsaturated/α-hetero) is 1. The van der Waals surface area contributed by atoms with E-state index in [9.17, 15) is 23.1 Å². The summed E-state index contributed by atoms with van der Waals surface area (Å²) in [5, 5.41) is 11.9. The van der Waals surface area contributed by atoms with E-state index in [0.29, 0.717) is 45.7 Å². The number of aliphatic hydroxyl groups is 1. The molecule has 39 heavy (non-hydrogen) atoms. The van der Waals surface area contributed by atoms with Crippen molar-refractivity contribution in [2.24, 2.45) is 0 Å². The SMILES string of the molecule is COc1ccc([C@@H](O)C(=O)N(CCCc2cccc(Cl)c2)Cc2nc(C(=O)CS(=O)(=O)N(C)C)c(C)s2)cn1. The molecule has 0 fully saturated rings. The van der Waals surface area contributed by atoms with E-state index in [4.69, 9.17) is 16.3 Å². The molecule has 10 nitrogen and oxygen atoms in total. The molecule has 0 radical (unpaired) electrons.